The molecule has 7 nitrogen and oxygen atoms in total. The third-order valence-electron chi connectivity index (χ3n) is 4.85. The summed E-state index contributed by atoms with van der Waals surface area (Å²) in [6.07, 6.45) is 0.943. The maximum absolute atomic E-state index is 12.6. The molecule has 3 rings (SSSR count). The van der Waals surface area contributed by atoms with Crippen LogP contribution in [0.25, 0.3) is 0 Å². The lowest BCUT2D eigenvalue weighted by atomic mass is 9.97. The van der Waals surface area contributed by atoms with Crippen LogP contribution in [0, 0.1) is 5.92 Å². The summed E-state index contributed by atoms with van der Waals surface area (Å²) < 4.78 is 26.7. The Morgan fingerprint density at radius 3 is 2.18 bits per heavy atom. The Labute approximate surface area is 164 Å². The molecule has 2 aromatic carbocycles. The molecule has 0 unspecified atom stereocenters. The van der Waals surface area contributed by atoms with E-state index in [2.05, 4.69) is 5.32 Å². The van der Waals surface area contributed by atoms with E-state index in [0.29, 0.717) is 37.2 Å². The minimum absolute atomic E-state index is 0.0308. The lowest BCUT2D eigenvalue weighted by Crippen LogP contribution is -2.41. The summed E-state index contributed by atoms with van der Waals surface area (Å²) >= 11 is 0. The molecule has 2 amide bonds. The van der Waals surface area contributed by atoms with Crippen LogP contribution < -0.4 is 11.1 Å². The maximum Gasteiger partial charge on any atom is 0.248 e. The molecule has 8 heteroatoms. The van der Waals surface area contributed by atoms with Crippen molar-refractivity contribution in [3.8, 4) is 0 Å². The number of nitrogens with one attached hydrogen (secondary N) is 1. The molecule has 148 valence electrons. The SMILES string of the molecule is NC(=O)c1ccc(NC(=O)C2CCN(S(=O)(=O)Cc3ccccc3)CC2)cc1. The first-order valence-electron chi connectivity index (χ1n) is 9.07. The highest BCUT2D eigenvalue weighted by Gasteiger charge is 2.31. The molecule has 1 fully saturated rings. The van der Waals surface area contributed by atoms with Gasteiger partial charge in [-0.15, -0.1) is 0 Å². The number of anilines is 1. The average Bonchev–Trinajstić information content (AvgIpc) is 2.69. The van der Waals surface area contributed by atoms with Gasteiger partial charge in [-0.05, 0) is 42.7 Å². The molecular weight excluding hydrogens is 378 g/mol. The van der Waals surface area contributed by atoms with Crippen molar-refractivity contribution in [1.29, 1.82) is 0 Å². The molecule has 0 spiro atoms. The number of carbonyl (C=O) groups is 2. The third kappa shape index (κ3) is 4.96. The molecule has 1 aliphatic rings. The normalized spacial score (nSPS) is 15.9. The van der Waals surface area contributed by atoms with E-state index in [4.69, 9.17) is 5.73 Å². The average molecular weight is 401 g/mol. The third-order valence-corrected chi connectivity index (χ3v) is 6.70. The van der Waals surface area contributed by atoms with Crippen LogP contribution in [0.4, 0.5) is 5.69 Å². The van der Waals surface area contributed by atoms with Crippen LogP contribution in [-0.4, -0.2) is 37.6 Å². The van der Waals surface area contributed by atoms with Crippen LogP contribution in [0.5, 0.6) is 0 Å². The van der Waals surface area contributed by atoms with Gasteiger partial charge in [-0.1, -0.05) is 30.3 Å². The van der Waals surface area contributed by atoms with Gasteiger partial charge in [0.25, 0.3) is 0 Å². The molecule has 1 aliphatic heterocycles. The Hall–Kier alpha value is -2.71. The summed E-state index contributed by atoms with van der Waals surface area (Å²) in [6.45, 7) is 0.654. The fraction of sp³-hybridized carbons (Fsp3) is 0.300. The number of sulfonamides is 1. The molecule has 0 saturated carbocycles. The fourth-order valence-corrected chi connectivity index (χ4v) is 4.80. The second-order valence-electron chi connectivity index (χ2n) is 6.85. The molecule has 1 heterocycles. The number of primary amides is 1. The van der Waals surface area contributed by atoms with Crippen molar-refractivity contribution in [3.63, 3.8) is 0 Å². The Morgan fingerprint density at radius 1 is 1.00 bits per heavy atom. The number of nitrogens with two attached hydrogens (primary N) is 1. The minimum atomic E-state index is -3.40. The van der Waals surface area contributed by atoms with Gasteiger partial charge in [0.15, 0.2) is 0 Å². The Bertz CT molecular complexity index is 935. The van der Waals surface area contributed by atoms with Gasteiger partial charge in [0, 0.05) is 30.3 Å². The van der Waals surface area contributed by atoms with Crippen molar-refractivity contribution in [1.82, 2.24) is 4.31 Å². The first kappa shape index (κ1) is 20.0. The van der Waals surface area contributed by atoms with Gasteiger partial charge in [0.05, 0.1) is 5.75 Å². The number of rotatable bonds is 6. The summed E-state index contributed by atoms with van der Waals surface area (Å²) in [4.78, 5) is 23.6. The smallest absolute Gasteiger partial charge is 0.248 e. The predicted molar refractivity (Wildman–Crippen MR) is 107 cm³/mol. The van der Waals surface area contributed by atoms with E-state index in [1.54, 1.807) is 36.4 Å². The van der Waals surface area contributed by atoms with Gasteiger partial charge in [0.2, 0.25) is 21.8 Å². The standard InChI is InChI=1S/C20H23N3O4S/c21-19(24)16-6-8-18(9-7-16)22-20(25)17-10-12-23(13-11-17)28(26,27)14-15-4-2-1-3-5-15/h1-9,17H,10-14H2,(H2,21,24)(H,22,25). The molecule has 0 bridgehead atoms. The summed E-state index contributed by atoms with van der Waals surface area (Å²) in [7, 11) is -3.40. The van der Waals surface area contributed by atoms with Gasteiger partial charge < -0.3 is 11.1 Å². The molecule has 2 aromatic rings. The highest BCUT2D eigenvalue weighted by atomic mass is 32.2. The summed E-state index contributed by atoms with van der Waals surface area (Å²) in [6, 6.07) is 15.4. The zero-order valence-electron chi connectivity index (χ0n) is 15.4. The van der Waals surface area contributed by atoms with Gasteiger partial charge in [-0.2, -0.15) is 0 Å². The van der Waals surface area contributed by atoms with Crippen LogP contribution in [0.15, 0.2) is 54.6 Å². The molecule has 3 N–H and O–H groups in total. The van der Waals surface area contributed by atoms with Crippen LogP contribution >= 0.6 is 0 Å². The highest BCUT2D eigenvalue weighted by Crippen LogP contribution is 2.23. The van der Waals surface area contributed by atoms with Crippen LogP contribution in [-0.2, 0) is 20.6 Å². The summed E-state index contributed by atoms with van der Waals surface area (Å²) in [5, 5.41) is 2.81. The number of carbonyl (C=O) groups excluding carboxylic acids is 2. The Balaban J connectivity index is 1.54. The zero-order valence-corrected chi connectivity index (χ0v) is 16.2. The number of benzene rings is 2. The maximum atomic E-state index is 12.6. The highest BCUT2D eigenvalue weighted by molar-refractivity contribution is 7.88. The molecule has 0 aliphatic carbocycles. The number of hydrogen-bond acceptors (Lipinski definition) is 4. The van der Waals surface area contributed by atoms with E-state index in [1.807, 2.05) is 18.2 Å². The van der Waals surface area contributed by atoms with E-state index in [-0.39, 0.29) is 17.6 Å². The van der Waals surface area contributed by atoms with Crippen LogP contribution in [0.2, 0.25) is 0 Å². The molecule has 28 heavy (non-hydrogen) atoms. The Kier molecular flexibility index (Phi) is 6.11. The van der Waals surface area contributed by atoms with Gasteiger partial charge >= 0.3 is 0 Å². The number of piperidine rings is 1. The second-order valence-corrected chi connectivity index (χ2v) is 8.81. The van der Waals surface area contributed by atoms with Gasteiger partial charge in [-0.3, -0.25) is 9.59 Å². The van der Waals surface area contributed by atoms with Crippen molar-refractivity contribution in [3.05, 3.63) is 65.7 Å². The van der Waals surface area contributed by atoms with Crippen molar-refractivity contribution in [2.75, 3.05) is 18.4 Å². The molecule has 0 radical (unpaired) electrons. The first-order chi connectivity index (χ1) is 13.3. The number of nitrogens with zero attached hydrogens (tertiary/aromatic N) is 1. The van der Waals surface area contributed by atoms with Crippen molar-refractivity contribution in [2.24, 2.45) is 11.7 Å². The van der Waals surface area contributed by atoms with Crippen molar-refractivity contribution < 1.29 is 18.0 Å². The summed E-state index contributed by atoms with van der Waals surface area (Å²) in [5.74, 6) is -0.954. The monoisotopic (exact) mass is 401 g/mol. The van der Waals surface area contributed by atoms with E-state index >= 15 is 0 Å². The predicted octanol–water partition coefficient (Wildman–Crippen LogP) is 1.97. The minimum Gasteiger partial charge on any atom is -0.366 e. The van der Waals surface area contributed by atoms with Crippen LogP contribution in [0.3, 0.4) is 0 Å². The van der Waals surface area contributed by atoms with E-state index < -0.39 is 15.9 Å². The number of amides is 2. The summed E-state index contributed by atoms with van der Waals surface area (Å²) in [5.41, 5.74) is 6.90. The zero-order chi connectivity index (χ0) is 20.1. The fourth-order valence-electron chi connectivity index (χ4n) is 3.23. The second kappa shape index (κ2) is 8.53. The van der Waals surface area contributed by atoms with E-state index in [1.165, 1.54) is 4.31 Å². The van der Waals surface area contributed by atoms with E-state index in [0.717, 1.165) is 5.56 Å². The molecule has 1 saturated heterocycles. The lowest BCUT2D eigenvalue weighted by molar-refractivity contribution is -0.120. The van der Waals surface area contributed by atoms with Crippen molar-refractivity contribution >= 4 is 27.5 Å². The van der Waals surface area contributed by atoms with Crippen molar-refractivity contribution in [2.45, 2.75) is 18.6 Å². The van der Waals surface area contributed by atoms with Gasteiger partial charge in [0.1, 0.15) is 0 Å². The number of hydrogen-bond donors (Lipinski definition) is 2. The van der Waals surface area contributed by atoms with Gasteiger partial charge in [-0.25, -0.2) is 12.7 Å². The first-order valence-corrected chi connectivity index (χ1v) is 10.7. The molecule has 0 aromatic heterocycles. The topological polar surface area (TPSA) is 110 Å². The molecular formula is C20H23N3O4S. The lowest BCUT2D eigenvalue weighted by Gasteiger charge is -2.30. The quantitative estimate of drug-likeness (QED) is 0.771. The largest absolute Gasteiger partial charge is 0.366 e. The van der Waals surface area contributed by atoms with E-state index in [9.17, 15) is 18.0 Å². The molecule has 0 atom stereocenters. The van der Waals surface area contributed by atoms with Crippen LogP contribution in [0.1, 0.15) is 28.8 Å². The Morgan fingerprint density at radius 2 is 1.61 bits per heavy atom.